The Morgan fingerprint density at radius 1 is 1.17 bits per heavy atom. The second-order valence-electron chi connectivity index (χ2n) is 6.76. The lowest BCUT2D eigenvalue weighted by Gasteiger charge is -2.22. The van der Waals surface area contributed by atoms with Crippen LogP contribution in [0.5, 0.6) is 11.5 Å². The van der Waals surface area contributed by atoms with Crippen molar-refractivity contribution in [2.24, 2.45) is 7.05 Å². The number of aryl methyl sites for hydroxylation is 1. The second-order valence-corrected chi connectivity index (χ2v) is 7.86. The molecule has 1 atom stereocenters. The van der Waals surface area contributed by atoms with Gasteiger partial charge in [-0.15, -0.1) is 10.2 Å². The van der Waals surface area contributed by atoms with Gasteiger partial charge < -0.3 is 14.8 Å². The van der Waals surface area contributed by atoms with E-state index in [1.807, 2.05) is 42.1 Å². The largest absolute Gasteiger partial charge is 0.494 e. The fourth-order valence-corrected chi connectivity index (χ4v) is 4.26. The summed E-state index contributed by atoms with van der Waals surface area (Å²) in [6.45, 7) is 2.05. The van der Waals surface area contributed by atoms with E-state index in [4.69, 9.17) is 9.47 Å². The number of nitrogens with zero attached hydrogens (tertiary/aromatic N) is 5. The van der Waals surface area contributed by atoms with E-state index < -0.39 is 0 Å². The molecule has 3 heterocycles. The average Bonchev–Trinajstić information content (AvgIpc) is 3.38. The van der Waals surface area contributed by atoms with Crippen molar-refractivity contribution < 1.29 is 9.47 Å². The smallest absolute Gasteiger partial charge is 0.239 e. The summed E-state index contributed by atoms with van der Waals surface area (Å²) in [6, 6.07) is 7.58. The number of aromatic nitrogens is 5. The van der Waals surface area contributed by atoms with E-state index in [2.05, 4.69) is 25.3 Å². The molecule has 2 N–H and O–H groups in total. The number of hydrogen-bond acceptors (Lipinski definition) is 8. The molecule has 154 valence electrons. The Morgan fingerprint density at radius 2 is 1.97 bits per heavy atom. The summed E-state index contributed by atoms with van der Waals surface area (Å²) < 4.78 is 18.3. The minimum absolute atomic E-state index is 0.465. The highest BCUT2D eigenvalue weighted by atomic mass is 32.2. The zero-order valence-corrected chi connectivity index (χ0v) is 17.6. The first-order chi connectivity index (χ1) is 14.2. The van der Waals surface area contributed by atoms with Crippen molar-refractivity contribution in [3.8, 4) is 28.7 Å². The van der Waals surface area contributed by atoms with Crippen LogP contribution in [0.1, 0.15) is 12.8 Å². The van der Waals surface area contributed by atoms with E-state index in [1.165, 1.54) is 6.42 Å². The van der Waals surface area contributed by atoms with E-state index in [1.54, 1.807) is 30.8 Å². The molecule has 0 saturated carbocycles. The molecule has 10 heteroatoms. The molecular formula is C19H25N7O2S. The maximum absolute atomic E-state index is 5.63. The van der Waals surface area contributed by atoms with Gasteiger partial charge >= 0.3 is 0 Å². The molecule has 1 aromatic carbocycles. The van der Waals surface area contributed by atoms with Gasteiger partial charge in [-0.25, -0.2) is 0 Å². The first-order valence-corrected chi connectivity index (χ1v) is 10.4. The van der Waals surface area contributed by atoms with Crippen molar-refractivity contribution in [2.45, 2.75) is 18.1 Å². The SMILES string of the molecule is COc1cccc(OC)c1-n1c(NSC2CCCNC2)nnc1-c1ccn(C)n1. The van der Waals surface area contributed by atoms with Crippen molar-refractivity contribution in [1.82, 2.24) is 29.9 Å². The summed E-state index contributed by atoms with van der Waals surface area (Å²) in [5.74, 6) is 2.53. The molecule has 1 unspecified atom stereocenters. The molecule has 9 nitrogen and oxygen atoms in total. The summed E-state index contributed by atoms with van der Waals surface area (Å²) in [4.78, 5) is 0. The van der Waals surface area contributed by atoms with Crippen molar-refractivity contribution >= 4 is 17.9 Å². The minimum atomic E-state index is 0.465. The molecule has 0 radical (unpaired) electrons. The summed E-state index contributed by atoms with van der Waals surface area (Å²) >= 11 is 1.66. The zero-order valence-electron chi connectivity index (χ0n) is 16.8. The molecule has 0 amide bonds. The fraction of sp³-hybridized carbons (Fsp3) is 0.421. The van der Waals surface area contributed by atoms with Crippen LogP contribution in [0.15, 0.2) is 30.5 Å². The molecule has 1 saturated heterocycles. The van der Waals surface area contributed by atoms with Crippen LogP contribution in [0.3, 0.4) is 0 Å². The van der Waals surface area contributed by atoms with Crippen molar-refractivity contribution in [3.05, 3.63) is 30.5 Å². The molecule has 3 aromatic rings. The highest BCUT2D eigenvalue weighted by Crippen LogP contribution is 2.37. The topological polar surface area (TPSA) is 91.0 Å². The predicted molar refractivity (Wildman–Crippen MR) is 114 cm³/mol. The number of ether oxygens (including phenoxy) is 2. The predicted octanol–water partition coefficient (Wildman–Crippen LogP) is 2.50. The van der Waals surface area contributed by atoms with Gasteiger partial charge in [0, 0.05) is 25.0 Å². The average molecular weight is 416 g/mol. The Labute approximate surface area is 173 Å². The number of piperidine rings is 1. The third-order valence-electron chi connectivity index (χ3n) is 4.80. The monoisotopic (exact) mass is 415 g/mol. The van der Waals surface area contributed by atoms with Crippen LogP contribution in [-0.4, -0.2) is 57.1 Å². The molecular weight excluding hydrogens is 390 g/mol. The van der Waals surface area contributed by atoms with Crippen LogP contribution in [0.25, 0.3) is 17.2 Å². The van der Waals surface area contributed by atoms with Crippen LogP contribution < -0.4 is 19.5 Å². The number of rotatable bonds is 7. The lowest BCUT2D eigenvalue weighted by Crippen LogP contribution is -2.32. The van der Waals surface area contributed by atoms with Gasteiger partial charge in [-0.1, -0.05) is 6.07 Å². The fourth-order valence-electron chi connectivity index (χ4n) is 3.37. The second kappa shape index (κ2) is 8.75. The van der Waals surface area contributed by atoms with Crippen molar-refractivity contribution in [3.63, 3.8) is 0 Å². The minimum Gasteiger partial charge on any atom is -0.494 e. The van der Waals surface area contributed by atoms with Gasteiger partial charge in [0.1, 0.15) is 22.9 Å². The third-order valence-corrected chi connectivity index (χ3v) is 5.84. The highest BCUT2D eigenvalue weighted by Gasteiger charge is 2.24. The molecule has 1 aliphatic rings. The van der Waals surface area contributed by atoms with Gasteiger partial charge in [0.2, 0.25) is 5.95 Å². The van der Waals surface area contributed by atoms with Crippen LogP contribution in [0.2, 0.25) is 0 Å². The number of benzene rings is 1. The zero-order chi connectivity index (χ0) is 20.2. The van der Waals surface area contributed by atoms with E-state index in [0.717, 1.165) is 25.2 Å². The molecule has 29 heavy (non-hydrogen) atoms. The third kappa shape index (κ3) is 4.03. The Morgan fingerprint density at radius 3 is 2.59 bits per heavy atom. The van der Waals surface area contributed by atoms with Crippen LogP contribution in [-0.2, 0) is 7.05 Å². The summed E-state index contributed by atoms with van der Waals surface area (Å²) in [7, 11) is 5.15. The standard InChI is InChI=1S/C19H25N7O2S/c1-25-11-9-14(23-25)18-21-22-19(24-29-13-6-5-10-20-12-13)26(18)17-15(27-2)7-4-8-16(17)28-3/h4,7-9,11,13,20H,5-6,10,12H2,1-3H3,(H,22,24). The van der Waals surface area contributed by atoms with E-state index in [0.29, 0.717) is 34.2 Å². The van der Waals surface area contributed by atoms with Crippen LogP contribution in [0.4, 0.5) is 5.95 Å². The Kier molecular flexibility index (Phi) is 5.91. The molecule has 2 aromatic heterocycles. The van der Waals surface area contributed by atoms with Gasteiger partial charge in [-0.3, -0.25) is 14.0 Å². The van der Waals surface area contributed by atoms with Gasteiger partial charge in [-0.05, 0) is 49.5 Å². The lowest BCUT2D eigenvalue weighted by atomic mass is 10.2. The Bertz CT molecular complexity index is 943. The van der Waals surface area contributed by atoms with Gasteiger partial charge in [0.15, 0.2) is 5.82 Å². The summed E-state index contributed by atoms with van der Waals surface area (Å²) in [6.07, 6.45) is 4.21. The molecule has 4 rings (SSSR count). The number of nitrogens with one attached hydrogen (secondary N) is 2. The van der Waals surface area contributed by atoms with Gasteiger partial charge in [-0.2, -0.15) is 5.10 Å². The first-order valence-electron chi connectivity index (χ1n) is 9.50. The number of anilines is 1. The lowest BCUT2D eigenvalue weighted by molar-refractivity contribution is 0.391. The van der Waals surface area contributed by atoms with Gasteiger partial charge in [0.05, 0.1) is 14.2 Å². The Balaban J connectivity index is 1.78. The number of methoxy groups -OCH3 is 2. The maximum atomic E-state index is 5.63. The van der Waals surface area contributed by atoms with E-state index in [9.17, 15) is 0 Å². The number of hydrogen-bond donors (Lipinski definition) is 2. The molecule has 0 aliphatic carbocycles. The molecule has 1 aliphatic heterocycles. The normalized spacial score (nSPS) is 16.6. The van der Waals surface area contributed by atoms with Crippen LogP contribution in [0, 0.1) is 0 Å². The number of para-hydroxylation sites is 1. The quantitative estimate of drug-likeness (QED) is 0.569. The van der Waals surface area contributed by atoms with E-state index in [-0.39, 0.29) is 0 Å². The van der Waals surface area contributed by atoms with E-state index >= 15 is 0 Å². The highest BCUT2D eigenvalue weighted by molar-refractivity contribution is 8.01. The van der Waals surface area contributed by atoms with Crippen LogP contribution >= 0.6 is 11.9 Å². The maximum Gasteiger partial charge on any atom is 0.239 e. The Hall–Kier alpha value is -2.72. The molecule has 0 bridgehead atoms. The first kappa shape index (κ1) is 19.6. The summed E-state index contributed by atoms with van der Waals surface area (Å²) in [5, 5.41) is 17.2. The summed E-state index contributed by atoms with van der Waals surface area (Å²) in [5.41, 5.74) is 1.44. The van der Waals surface area contributed by atoms with Crippen molar-refractivity contribution in [1.29, 1.82) is 0 Å². The van der Waals surface area contributed by atoms with Gasteiger partial charge in [0.25, 0.3) is 0 Å². The molecule has 0 spiro atoms. The van der Waals surface area contributed by atoms with Crippen molar-refractivity contribution in [2.75, 3.05) is 32.0 Å². The molecule has 1 fully saturated rings.